The molecule has 0 bridgehead atoms. The van der Waals surface area contributed by atoms with Crippen LogP contribution >= 0.6 is 0 Å². The first-order valence-electron chi connectivity index (χ1n) is 8.95. The Morgan fingerprint density at radius 1 is 1.15 bits per heavy atom. The predicted octanol–water partition coefficient (Wildman–Crippen LogP) is 2.75. The summed E-state index contributed by atoms with van der Waals surface area (Å²) in [4.78, 5) is 33.2. The Bertz CT molecular complexity index is 983. The molecular weight excluding hydrogens is 342 g/mol. The van der Waals surface area contributed by atoms with Crippen molar-refractivity contribution in [2.24, 2.45) is 5.92 Å². The summed E-state index contributed by atoms with van der Waals surface area (Å²) in [6.45, 7) is 4.76. The van der Waals surface area contributed by atoms with Crippen LogP contribution in [0.4, 0.5) is 0 Å². The molecule has 1 atom stereocenters. The van der Waals surface area contributed by atoms with E-state index in [4.69, 9.17) is 0 Å². The third kappa shape index (κ3) is 4.41. The summed E-state index contributed by atoms with van der Waals surface area (Å²) in [5.41, 5.74) is 1.45. The van der Waals surface area contributed by atoms with Gasteiger partial charge in [0.05, 0.1) is 29.9 Å². The summed E-state index contributed by atoms with van der Waals surface area (Å²) in [5.74, 6) is 0.0565. The summed E-state index contributed by atoms with van der Waals surface area (Å²) in [6.07, 6.45) is 0.555. The van der Waals surface area contributed by atoms with Gasteiger partial charge in [-0.15, -0.1) is 0 Å². The van der Waals surface area contributed by atoms with Crippen molar-refractivity contribution in [2.75, 3.05) is 13.1 Å². The largest absolute Gasteiger partial charge is 0.387 e. The normalized spacial score (nSPS) is 12.3. The van der Waals surface area contributed by atoms with Crippen LogP contribution in [0.25, 0.3) is 10.9 Å². The SMILES string of the molecule is CC(C)CN(CC(O)c1ccccc1)C(=O)c1ccc2c(=O)[nH]cnc2c1. The molecule has 0 spiro atoms. The Morgan fingerprint density at radius 3 is 2.59 bits per heavy atom. The van der Waals surface area contributed by atoms with E-state index in [1.54, 1.807) is 23.1 Å². The average Bonchev–Trinajstić information content (AvgIpc) is 2.67. The van der Waals surface area contributed by atoms with E-state index in [0.717, 1.165) is 5.56 Å². The van der Waals surface area contributed by atoms with Crippen LogP contribution in [0.15, 0.2) is 59.7 Å². The standard InChI is InChI=1S/C21H23N3O3/c1-14(2)11-24(12-19(25)15-6-4-3-5-7-15)21(27)16-8-9-17-18(10-16)22-13-23-20(17)26/h3-10,13-14,19,25H,11-12H2,1-2H3,(H,22,23,26). The lowest BCUT2D eigenvalue weighted by Gasteiger charge is -2.27. The van der Waals surface area contributed by atoms with E-state index in [1.165, 1.54) is 6.33 Å². The van der Waals surface area contributed by atoms with Crippen LogP contribution in [-0.4, -0.2) is 39.0 Å². The molecule has 6 heteroatoms. The van der Waals surface area contributed by atoms with Gasteiger partial charge in [0, 0.05) is 12.1 Å². The second-order valence-electron chi connectivity index (χ2n) is 6.99. The Kier molecular flexibility index (Phi) is 5.66. The molecule has 0 aliphatic carbocycles. The molecule has 6 nitrogen and oxygen atoms in total. The summed E-state index contributed by atoms with van der Waals surface area (Å²) in [5, 5.41) is 11.0. The summed E-state index contributed by atoms with van der Waals surface area (Å²) < 4.78 is 0. The quantitative estimate of drug-likeness (QED) is 0.703. The van der Waals surface area contributed by atoms with Gasteiger partial charge >= 0.3 is 0 Å². The third-order valence-corrected chi connectivity index (χ3v) is 4.34. The lowest BCUT2D eigenvalue weighted by Crippen LogP contribution is -2.37. The lowest BCUT2D eigenvalue weighted by molar-refractivity contribution is 0.0595. The molecule has 0 saturated carbocycles. The number of aromatic nitrogens is 2. The van der Waals surface area contributed by atoms with Gasteiger partial charge in [-0.1, -0.05) is 44.2 Å². The van der Waals surface area contributed by atoms with Crippen molar-refractivity contribution in [2.45, 2.75) is 20.0 Å². The molecule has 2 N–H and O–H groups in total. The van der Waals surface area contributed by atoms with Gasteiger partial charge in [-0.05, 0) is 29.7 Å². The second kappa shape index (κ2) is 8.14. The number of aliphatic hydroxyl groups is 1. The Labute approximate surface area is 157 Å². The fourth-order valence-corrected chi connectivity index (χ4v) is 3.05. The van der Waals surface area contributed by atoms with Crippen molar-refractivity contribution in [3.05, 3.63) is 76.3 Å². The Balaban J connectivity index is 1.88. The molecule has 0 aliphatic heterocycles. The number of carbonyl (C=O) groups excluding carboxylic acids is 1. The highest BCUT2D eigenvalue weighted by Crippen LogP contribution is 2.18. The van der Waals surface area contributed by atoms with E-state index in [1.807, 2.05) is 44.2 Å². The molecule has 27 heavy (non-hydrogen) atoms. The van der Waals surface area contributed by atoms with Gasteiger partial charge in [-0.2, -0.15) is 0 Å². The number of carbonyl (C=O) groups is 1. The number of aliphatic hydroxyl groups excluding tert-OH is 1. The van der Waals surface area contributed by atoms with Crippen molar-refractivity contribution in [3.8, 4) is 0 Å². The molecule has 1 heterocycles. The number of hydrogen-bond donors (Lipinski definition) is 2. The zero-order valence-electron chi connectivity index (χ0n) is 15.4. The maximum absolute atomic E-state index is 13.1. The van der Waals surface area contributed by atoms with Crippen molar-refractivity contribution >= 4 is 16.8 Å². The molecule has 0 fully saturated rings. The summed E-state index contributed by atoms with van der Waals surface area (Å²) >= 11 is 0. The number of nitrogens with one attached hydrogen (secondary N) is 1. The number of benzene rings is 2. The van der Waals surface area contributed by atoms with E-state index in [-0.39, 0.29) is 23.9 Å². The number of H-pyrrole nitrogens is 1. The van der Waals surface area contributed by atoms with Crippen LogP contribution in [-0.2, 0) is 0 Å². The molecule has 1 unspecified atom stereocenters. The lowest BCUT2D eigenvalue weighted by atomic mass is 10.1. The minimum absolute atomic E-state index is 0.192. The zero-order valence-corrected chi connectivity index (χ0v) is 15.4. The highest BCUT2D eigenvalue weighted by atomic mass is 16.3. The van der Waals surface area contributed by atoms with E-state index < -0.39 is 6.10 Å². The van der Waals surface area contributed by atoms with Crippen molar-refractivity contribution in [1.29, 1.82) is 0 Å². The fourth-order valence-electron chi connectivity index (χ4n) is 3.05. The summed E-state index contributed by atoms with van der Waals surface area (Å²) in [7, 11) is 0. The maximum Gasteiger partial charge on any atom is 0.258 e. The molecule has 1 aromatic heterocycles. The zero-order chi connectivity index (χ0) is 19.4. The van der Waals surface area contributed by atoms with Gasteiger partial charge in [0.15, 0.2) is 0 Å². The van der Waals surface area contributed by atoms with E-state index in [2.05, 4.69) is 9.97 Å². The van der Waals surface area contributed by atoms with E-state index in [0.29, 0.717) is 23.0 Å². The molecule has 140 valence electrons. The van der Waals surface area contributed by atoms with Gasteiger partial charge in [0.25, 0.3) is 11.5 Å². The Morgan fingerprint density at radius 2 is 1.89 bits per heavy atom. The predicted molar refractivity (Wildman–Crippen MR) is 105 cm³/mol. The minimum Gasteiger partial charge on any atom is -0.387 e. The third-order valence-electron chi connectivity index (χ3n) is 4.34. The van der Waals surface area contributed by atoms with Gasteiger partial charge in [-0.3, -0.25) is 9.59 Å². The van der Waals surface area contributed by atoms with E-state index in [9.17, 15) is 14.7 Å². The molecule has 0 saturated heterocycles. The molecule has 1 amide bonds. The maximum atomic E-state index is 13.1. The van der Waals surface area contributed by atoms with Crippen molar-refractivity contribution in [3.63, 3.8) is 0 Å². The van der Waals surface area contributed by atoms with Crippen LogP contribution in [0.3, 0.4) is 0 Å². The first-order chi connectivity index (χ1) is 13.0. The highest BCUT2D eigenvalue weighted by molar-refractivity contribution is 5.97. The van der Waals surface area contributed by atoms with Gasteiger partial charge in [-0.25, -0.2) is 4.98 Å². The van der Waals surface area contributed by atoms with E-state index >= 15 is 0 Å². The molecule has 0 aliphatic rings. The second-order valence-corrected chi connectivity index (χ2v) is 6.99. The van der Waals surface area contributed by atoms with Crippen LogP contribution in [0.1, 0.15) is 35.9 Å². The number of hydrogen-bond acceptors (Lipinski definition) is 4. The number of aromatic amines is 1. The molecule has 3 aromatic rings. The molecule has 0 radical (unpaired) electrons. The molecular formula is C21H23N3O3. The minimum atomic E-state index is -0.768. The summed E-state index contributed by atoms with van der Waals surface area (Å²) in [6, 6.07) is 14.1. The topological polar surface area (TPSA) is 86.3 Å². The van der Waals surface area contributed by atoms with Gasteiger partial charge < -0.3 is 15.0 Å². The average molecular weight is 365 g/mol. The van der Waals surface area contributed by atoms with Crippen LogP contribution in [0.2, 0.25) is 0 Å². The first-order valence-corrected chi connectivity index (χ1v) is 8.95. The van der Waals surface area contributed by atoms with Gasteiger partial charge in [0.2, 0.25) is 0 Å². The monoisotopic (exact) mass is 365 g/mol. The number of rotatable bonds is 6. The number of amides is 1. The number of fused-ring (bicyclic) bond motifs is 1. The van der Waals surface area contributed by atoms with Gasteiger partial charge in [0.1, 0.15) is 0 Å². The number of nitrogens with zero attached hydrogens (tertiary/aromatic N) is 2. The van der Waals surface area contributed by atoms with Crippen LogP contribution < -0.4 is 5.56 Å². The van der Waals surface area contributed by atoms with Crippen molar-refractivity contribution < 1.29 is 9.90 Å². The van der Waals surface area contributed by atoms with Crippen LogP contribution in [0.5, 0.6) is 0 Å². The molecule has 2 aromatic carbocycles. The first kappa shape index (κ1) is 18.8. The fraction of sp³-hybridized carbons (Fsp3) is 0.286. The highest BCUT2D eigenvalue weighted by Gasteiger charge is 2.21. The molecule has 3 rings (SSSR count). The van der Waals surface area contributed by atoms with Crippen LogP contribution in [0, 0.1) is 5.92 Å². The Hall–Kier alpha value is -2.99. The smallest absolute Gasteiger partial charge is 0.258 e. The van der Waals surface area contributed by atoms with Crippen molar-refractivity contribution in [1.82, 2.24) is 14.9 Å².